The minimum absolute atomic E-state index is 0.167. The van der Waals surface area contributed by atoms with E-state index in [2.05, 4.69) is 9.97 Å². The zero-order valence-corrected chi connectivity index (χ0v) is 14.2. The van der Waals surface area contributed by atoms with E-state index in [-0.39, 0.29) is 5.56 Å². The van der Waals surface area contributed by atoms with E-state index in [1.165, 1.54) is 19.3 Å². The SMILES string of the molecule is N#Cc1ccc(-n2c(C3CC4CCC3C4)nc3cccnc3c2=O)cn1. The van der Waals surface area contributed by atoms with E-state index in [0.717, 1.165) is 18.2 Å². The summed E-state index contributed by atoms with van der Waals surface area (Å²) in [5.41, 5.74) is 1.82. The van der Waals surface area contributed by atoms with Crippen LogP contribution in [0.1, 0.15) is 43.1 Å². The van der Waals surface area contributed by atoms with Crippen LogP contribution >= 0.6 is 0 Å². The Hall–Kier alpha value is -3.07. The lowest BCUT2D eigenvalue weighted by atomic mass is 9.88. The van der Waals surface area contributed by atoms with Gasteiger partial charge in [0, 0.05) is 12.1 Å². The van der Waals surface area contributed by atoms with Gasteiger partial charge in [0.2, 0.25) is 0 Å². The molecule has 0 amide bonds. The summed E-state index contributed by atoms with van der Waals surface area (Å²) in [6.07, 6.45) is 8.02. The summed E-state index contributed by atoms with van der Waals surface area (Å²) in [5.74, 6) is 2.45. The fourth-order valence-corrected chi connectivity index (χ4v) is 4.68. The first-order chi connectivity index (χ1) is 12.7. The predicted octanol–water partition coefficient (Wildman–Crippen LogP) is 2.95. The average molecular weight is 343 g/mol. The molecule has 3 aromatic rings. The van der Waals surface area contributed by atoms with E-state index < -0.39 is 0 Å². The fraction of sp³-hybridized carbons (Fsp3) is 0.350. The Morgan fingerprint density at radius 1 is 1.15 bits per heavy atom. The lowest BCUT2D eigenvalue weighted by Crippen LogP contribution is -2.28. The molecule has 0 aliphatic heterocycles. The largest absolute Gasteiger partial charge is 0.284 e. The smallest absolute Gasteiger partial charge is 0.266 e. The van der Waals surface area contributed by atoms with Crippen LogP contribution in [0.3, 0.4) is 0 Å². The van der Waals surface area contributed by atoms with E-state index in [9.17, 15) is 4.79 Å². The number of nitriles is 1. The fourth-order valence-electron chi connectivity index (χ4n) is 4.68. The molecule has 0 saturated heterocycles. The Morgan fingerprint density at radius 3 is 2.77 bits per heavy atom. The Morgan fingerprint density at radius 2 is 2.08 bits per heavy atom. The van der Waals surface area contributed by atoms with E-state index in [1.807, 2.05) is 18.2 Å². The van der Waals surface area contributed by atoms with Crippen molar-refractivity contribution in [2.45, 2.75) is 31.6 Å². The van der Waals surface area contributed by atoms with Gasteiger partial charge in [0.1, 0.15) is 17.6 Å². The van der Waals surface area contributed by atoms with Crippen molar-refractivity contribution < 1.29 is 0 Å². The Bertz CT molecular complexity index is 1100. The van der Waals surface area contributed by atoms with Crippen LogP contribution in [0, 0.1) is 23.2 Å². The highest BCUT2D eigenvalue weighted by Gasteiger charge is 2.42. The van der Waals surface area contributed by atoms with E-state index in [1.54, 1.807) is 29.1 Å². The van der Waals surface area contributed by atoms with Crippen molar-refractivity contribution >= 4 is 11.0 Å². The number of hydrogen-bond acceptors (Lipinski definition) is 5. The third-order valence-corrected chi connectivity index (χ3v) is 5.85. The normalized spacial score (nSPS) is 24.0. The van der Waals surface area contributed by atoms with Gasteiger partial charge in [-0.25, -0.2) is 15.0 Å². The molecule has 3 atom stereocenters. The van der Waals surface area contributed by atoms with Crippen molar-refractivity contribution in [1.29, 1.82) is 5.26 Å². The zero-order valence-electron chi connectivity index (χ0n) is 14.2. The second kappa shape index (κ2) is 5.73. The molecule has 26 heavy (non-hydrogen) atoms. The summed E-state index contributed by atoms with van der Waals surface area (Å²) in [7, 11) is 0. The van der Waals surface area contributed by atoms with Crippen LogP contribution in [-0.2, 0) is 0 Å². The third kappa shape index (κ3) is 2.24. The summed E-state index contributed by atoms with van der Waals surface area (Å²) in [6.45, 7) is 0. The van der Waals surface area contributed by atoms with Gasteiger partial charge >= 0.3 is 0 Å². The van der Waals surface area contributed by atoms with E-state index in [4.69, 9.17) is 10.2 Å². The lowest BCUT2D eigenvalue weighted by molar-refractivity contribution is 0.399. The van der Waals surface area contributed by atoms with Gasteiger partial charge < -0.3 is 0 Å². The number of fused-ring (bicyclic) bond motifs is 3. The van der Waals surface area contributed by atoms with Gasteiger partial charge in [0.15, 0.2) is 5.52 Å². The Labute approximate surface area is 150 Å². The first-order valence-corrected chi connectivity index (χ1v) is 8.99. The zero-order chi connectivity index (χ0) is 17.7. The van der Waals surface area contributed by atoms with Gasteiger partial charge in [-0.3, -0.25) is 9.36 Å². The highest BCUT2D eigenvalue weighted by Crippen LogP contribution is 2.52. The molecule has 2 aliphatic rings. The van der Waals surface area contributed by atoms with Crippen molar-refractivity contribution in [1.82, 2.24) is 19.5 Å². The van der Waals surface area contributed by atoms with E-state index >= 15 is 0 Å². The molecule has 5 rings (SSSR count). The monoisotopic (exact) mass is 343 g/mol. The molecular weight excluding hydrogens is 326 g/mol. The van der Waals surface area contributed by atoms with Crippen LogP contribution in [0.25, 0.3) is 16.7 Å². The predicted molar refractivity (Wildman–Crippen MR) is 95.8 cm³/mol. The van der Waals surface area contributed by atoms with E-state index in [0.29, 0.717) is 34.3 Å². The molecule has 2 fully saturated rings. The maximum absolute atomic E-state index is 13.2. The number of hydrogen-bond donors (Lipinski definition) is 0. The molecule has 0 N–H and O–H groups in total. The van der Waals surface area contributed by atoms with Crippen molar-refractivity contribution in [3.63, 3.8) is 0 Å². The Balaban J connectivity index is 1.76. The molecular formula is C20H17N5O. The first-order valence-electron chi connectivity index (χ1n) is 8.99. The third-order valence-electron chi connectivity index (χ3n) is 5.85. The number of pyridine rings is 2. The van der Waals surface area contributed by atoms with Gasteiger partial charge in [-0.05, 0) is 55.4 Å². The molecule has 6 heteroatoms. The van der Waals surface area contributed by atoms with Gasteiger partial charge in [0.25, 0.3) is 5.56 Å². The van der Waals surface area contributed by atoms with Gasteiger partial charge in [-0.1, -0.05) is 6.42 Å². The summed E-state index contributed by atoms with van der Waals surface area (Å²) in [6, 6.07) is 9.07. The lowest BCUT2D eigenvalue weighted by Gasteiger charge is -2.24. The maximum Gasteiger partial charge on any atom is 0.284 e. The van der Waals surface area contributed by atoms with Gasteiger partial charge in [-0.2, -0.15) is 5.26 Å². The first kappa shape index (κ1) is 15.2. The standard InChI is InChI=1S/C20H17N5O/c21-10-14-5-6-15(11-23-14)25-19(16-9-12-3-4-13(16)8-12)24-17-2-1-7-22-18(17)20(25)26/h1-2,5-7,11-13,16H,3-4,8-9H2. The summed E-state index contributed by atoms with van der Waals surface area (Å²) in [4.78, 5) is 26.5. The van der Waals surface area contributed by atoms with Crippen LogP contribution in [0.4, 0.5) is 0 Å². The number of aromatic nitrogens is 4. The molecule has 6 nitrogen and oxygen atoms in total. The van der Waals surface area contributed by atoms with Crippen LogP contribution in [0.15, 0.2) is 41.5 Å². The van der Waals surface area contributed by atoms with Crippen LogP contribution < -0.4 is 5.56 Å². The second-order valence-corrected chi connectivity index (χ2v) is 7.28. The van der Waals surface area contributed by atoms with Crippen molar-refractivity contribution in [2.24, 2.45) is 11.8 Å². The molecule has 2 aliphatic carbocycles. The molecule has 3 aromatic heterocycles. The summed E-state index contributed by atoms with van der Waals surface area (Å²) < 4.78 is 1.66. The number of nitrogens with zero attached hydrogens (tertiary/aromatic N) is 5. The highest BCUT2D eigenvalue weighted by atomic mass is 16.1. The van der Waals surface area contributed by atoms with Gasteiger partial charge in [-0.15, -0.1) is 0 Å². The van der Waals surface area contributed by atoms with Crippen molar-refractivity contribution in [2.75, 3.05) is 0 Å². The maximum atomic E-state index is 13.2. The molecule has 3 unspecified atom stereocenters. The van der Waals surface area contributed by atoms with Crippen molar-refractivity contribution in [3.8, 4) is 11.8 Å². The van der Waals surface area contributed by atoms with Gasteiger partial charge in [0.05, 0.1) is 17.4 Å². The van der Waals surface area contributed by atoms with Crippen LogP contribution in [0.2, 0.25) is 0 Å². The second-order valence-electron chi connectivity index (χ2n) is 7.28. The van der Waals surface area contributed by atoms with Crippen molar-refractivity contribution in [3.05, 3.63) is 58.5 Å². The molecule has 2 saturated carbocycles. The quantitative estimate of drug-likeness (QED) is 0.714. The average Bonchev–Trinajstić information content (AvgIpc) is 3.32. The molecule has 0 spiro atoms. The van der Waals surface area contributed by atoms with Crippen LogP contribution in [-0.4, -0.2) is 19.5 Å². The minimum atomic E-state index is -0.167. The Kier molecular flexibility index (Phi) is 3.35. The molecule has 128 valence electrons. The van der Waals surface area contributed by atoms with Crippen LogP contribution in [0.5, 0.6) is 0 Å². The minimum Gasteiger partial charge on any atom is -0.266 e. The number of rotatable bonds is 2. The highest BCUT2D eigenvalue weighted by molar-refractivity contribution is 5.73. The summed E-state index contributed by atoms with van der Waals surface area (Å²) >= 11 is 0. The summed E-state index contributed by atoms with van der Waals surface area (Å²) in [5, 5.41) is 8.99. The molecule has 0 aromatic carbocycles. The molecule has 3 heterocycles. The molecule has 2 bridgehead atoms. The topological polar surface area (TPSA) is 84.5 Å². The molecule has 0 radical (unpaired) electrons.